The average molecular weight is 391 g/mol. The number of sulfonamides is 1. The van der Waals surface area contributed by atoms with Crippen LogP contribution in [0.4, 0.5) is 5.69 Å². The molecule has 0 aromatic heterocycles. The molecule has 9 heteroatoms. The number of hydrazine groups is 1. The van der Waals surface area contributed by atoms with Crippen LogP contribution in [-0.4, -0.2) is 27.3 Å². The van der Waals surface area contributed by atoms with Crippen molar-refractivity contribution in [2.45, 2.75) is 18.7 Å². The van der Waals surface area contributed by atoms with E-state index in [1.165, 1.54) is 31.4 Å². The third kappa shape index (κ3) is 5.45. The lowest BCUT2D eigenvalue weighted by atomic mass is 10.2. The normalized spacial score (nSPS) is 11.0. The van der Waals surface area contributed by atoms with Gasteiger partial charge in [0.2, 0.25) is 5.91 Å². The lowest BCUT2D eigenvalue weighted by molar-refractivity contribution is -0.124. The fraction of sp³-hybridized carbons (Fsp3) is 0.222. The van der Waals surface area contributed by atoms with Gasteiger partial charge in [0.1, 0.15) is 5.75 Å². The van der Waals surface area contributed by atoms with Gasteiger partial charge in [-0.05, 0) is 48.5 Å². The molecule has 0 radical (unpaired) electrons. The molecule has 2 amide bonds. The van der Waals surface area contributed by atoms with Gasteiger partial charge in [0, 0.05) is 17.2 Å². The van der Waals surface area contributed by atoms with Gasteiger partial charge in [-0.15, -0.1) is 0 Å². The second-order valence-corrected chi connectivity index (χ2v) is 7.64. The average Bonchev–Trinajstić information content (AvgIpc) is 2.66. The van der Waals surface area contributed by atoms with Gasteiger partial charge in [-0.25, -0.2) is 8.42 Å². The van der Waals surface area contributed by atoms with E-state index in [0.717, 1.165) is 0 Å². The molecule has 0 atom stereocenters. The zero-order chi connectivity index (χ0) is 20.0. The summed E-state index contributed by atoms with van der Waals surface area (Å²) in [4.78, 5) is 23.4. The van der Waals surface area contributed by atoms with Crippen LogP contribution in [0.2, 0.25) is 0 Å². The molecule has 27 heavy (non-hydrogen) atoms. The number of nitrogens with one attached hydrogen (secondary N) is 3. The van der Waals surface area contributed by atoms with Crippen molar-refractivity contribution in [3.63, 3.8) is 0 Å². The summed E-state index contributed by atoms with van der Waals surface area (Å²) in [5, 5.41) is 0. The Labute approximate surface area is 157 Å². The van der Waals surface area contributed by atoms with E-state index in [4.69, 9.17) is 4.74 Å². The molecule has 0 aliphatic carbocycles. The van der Waals surface area contributed by atoms with E-state index in [0.29, 0.717) is 11.4 Å². The number of rotatable bonds is 6. The first-order valence-corrected chi connectivity index (χ1v) is 9.58. The molecule has 2 aromatic carbocycles. The molecular formula is C18H21N3O5S. The molecule has 0 saturated carbocycles. The Morgan fingerprint density at radius 2 is 1.52 bits per heavy atom. The fourth-order valence-electron chi connectivity index (χ4n) is 1.99. The monoisotopic (exact) mass is 391 g/mol. The Morgan fingerprint density at radius 3 is 2.04 bits per heavy atom. The molecule has 0 aliphatic heterocycles. The summed E-state index contributed by atoms with van der Waals surface area (Å²) in [5.74, 6) is -0.540. The lowest BCUT2D eigenvalue weighted by Crippen LogP contribution is -2.43. The lowest BCUT2D eigenvalue weighted by Gasteiger charge is -2.11. The molecule has 0 unspecified atom stereocenters. The van der Waals surface area contributed by atoms with Gasteiger partial charge in [0.05, 0.1) is 12.0 Å². The summed E-state index contributed by atoms with van der Waals surface area (Å²) >= 11 is 0. The van der Waals surface area contributed by atoms with Crippen molar-refractivity contribution in [2.24, 2.45) is 5.92 Å². The number of carbonyl (C=O) groups excluding carboxylic acids is 2. The maximum Gasteiger partial charge on any atom is 0.269 e. The predicted octanol–water partition coefficient (Wildman–Crippen LogP) is 1.91. The van der Waals surface area contributed by atoms with Crippen LogP contribution >= 0.6 is 0 Å². The molecule has 0 bridgehead atoms. The molecule has 0 spiro atoms. The van der Waals surface area contributed by atoms with Crippen molar-refractivity contribution in [3.05, 3.63) is 54.1 Å². The van der Waals surface area contributed by atoms with E-state index in [-0.39, 0.29) is 22.3 Å². The van der Waals surface area contributed by atoms with Gasteiger partial charge < -0.3 is 4.74 Å². The topological polar surface area (TPSA) is 114 Å². The highest BCUT2D eigenvalue weighted by Crippen LogP contribution is 2.19. The van der Waals surface area contributed by atoms with E-state index < -0.39 is 15.9 Å². The van der Waals surface area contributed by atoms with Crippen LogP contribution in [0.3, 0.4) is 0 Å². The number of hydrogen-bond donors (Lipinski definition) is 3. The van der Waals surface area contributed by atoms with Crippen molar-refractivity contribution in [1.29, 1.82) is 0 Å². The largest absolute Gasteiger partial charge is 0.497 e. The van der Waals surface area contributed by atoms with E-state index >= 15 is 0 Å². The van der Waals surface area contributed by atoms with Gasteiger partial charge in [-0.1, -0.05) is 13.8 Å². The van der Waals surface area contributed by atoms with Crippen LogP contribution < -0.4 is 20.3 Å². The van der Waals surface area contributed by atoms with Crippen LogP contribution in [0.25, 0.3) is 0 Å². The molecule has 2 rings (SSSR count). The van der Waals surface area contributed by atoms with Crippen molar-refractivity contribution in [1.82, 2.24) is 10.9 Å². The summed E-state index contributed by atoms with van der Waals surface area (Å²) in [6, 6.07) is 11.8. The molecular weight excluding hydrogens is 370 g/mol. The molecule has 2 aromatic rings. The van der Waals surface area contributed by atoms with Crippen molar-refractivity contribution in [3.8, 4) is 5.75 Å². The highest BCUT2D eigenvalue weighted by atomic mass is 32.2. The smallest absolute Gasteiger partial charge is 0.269 e. The first-order valence-electron chi connectivity index (χ1n) is 8.10. The molecule has 0 heterocycles. The summed E-state index contributed by atoms with van der Waals surface area (Å²) < 4.78 is 32.3. The maximum atomic E-state index is 12.4. The highest BCUT2D eigenvalue weighted by molar-refractivity contribution is 7.92. The second-order valence-electron chi connectivity index (χ2n) is 5.96. The summed E-state index contributed by atoms with van der Waals surface area (Å²) in [7, 11) is -2.29. The van der Waals surface area contributed by atoms with Crippen molar-refractivity contribution >= 4 is 27.5 Å². The predicted molar refractivity (Wildman–Crippen MR) is 101 cm³/mol. The van der Waals surface area contributed by atoms with Gasteiger partial charge in [-0.2, -0.15) is 0 Å². The summed E-state index contributed by atoms with van der Waals surface area (Å²) in [5.41, 5.74) is 5.16. The Bertz CT molecular complexity index is 907. The van der Waals surface area contributed by atoms with Crippen LogP contribution in [-0.2, 0) is 14.8 Å². The third-order valence-corrected chi connectivity index (χ3v) is 4.99. The number of methoxy groups -OCH3 is 1. The van der Waals surface area contributed by atoms with E-state index in [9.17, 15) is 18.0 Å². The van der Waals surface area contributed by atoms with E-state index in [2.05, 4.69) is 15.6 Å². The Morgan fingerprint density at radius 1 is 0.926 bits per heavy atom. The molecule has 0 aliphatic rings. The molecule has 8 nitrogen and oxygen atoms in total. The molecule has 144 valence electrons. The van der Waals surface area contributed by atoms with E-state index in [1.54, 1.807) is 38.1 Å². The number of carbonyl (C=O) groups is 2. The van der Waals surface area contributed by atoms with Crippen LogP contribution in [0.15, 0.2) is 53.4 Å². The van der Waals surface area contributed by atoms with Crippen LogP contribution in [0.1, 0.15) is 24.2 Å². The zero-order valence-electron chi connectivity index (χ0n) is 15.1. The minimum Gasteiger partial charge on any atom is -0.497 e. The first kappa shape index (κ1) is 20.2. The second kappa shape index (κ2) is 8.54. The minimum atomic E-state index is -3.80. The zero-order valence-corrected chi connectivity index (χ0v) is 16.0. The number of ether oxygens (including phenoxy) is 1. The van der Waals surface area contributed by atoms with Crippen LogP contribution in [0, 0.1) is 5.92 Å². The molecule has 0 saturated heterocycles. The van der Waals surface area contributed by atoms with Crippen LogP contribution in [0.5, 0.6) is 5.75 Å². The Hall–Kier alpha value is -3.07. The standard InChI is InChI=1S/C18H21N3O5S/c1-12(2)17(22)19-20-18(23)13-4-10-16(11-5-13)27(24,25)21-14-6-8-15(26-3)9-7-14/h4-12,21H,1-3H3,(H,19,22)(H,20,23). The van der Waals surface area contributed by atoms with Gasteiger partial charge in [0.15, 0.2) is 0 Å². The van der Waals surface area contributed by atoms with Crippen molar-refractivity contribution in [2.75, 3.05) is 11.8 Å². The summed E-state index contributed by atoms with van der Waals surface area (Å²) in [6.07, 6.45) is 0. The number of amides is 2. The number of anilines is 1. The van der Waals surface area contributed by atoms with Gasteiger partial charge in [-0.3, -0.25) is 25.2 Å². The third-order valence-electron chi connectivity index (χ3n) is 3.59. The molecule has 3 N–H and O–H groups in total. The minimum absolute atomic E-state index is 0.00100. The fourth-order valence-corrected chi connectivity index (χ4v) is 3.05. The number of hydrogen-bond acceptors (Lipinski definition) is 5. The van der Waals surface area contributed by atoms with E-state index in [1.807, 2.05) is 0 Å². The van der Waals surface area contributed by atoms with Gasteiger partial charge in [0.25, 0.3) is 15.9 Å². The Kier molecular flexibility index (Phi) is 6.40. The quantitative estimate of drug-likeness (QED) is 0.651. The first-order chi connectivity index (χ1) is 12.7. The SMILES string of the molecule is COc1ccc(NS(=O)(=O)c2ccc(C(=O)NNC(=O)C(C)C)cc2)cc1. The number of benzene rings is 2. The Balaban J connectivity index is 2.06. The molecule has 0 fully saturated rings. The van der Waals surface area contributed by atoms with Gasteiger partial charge >= 0.3 is 0 Å². The highest BCUT2D eigenvalue weighted by Gasteiger charge is 2.16. The maximum absolute atomic E-state index is 12.4. The van der Waals surface area contributed by atoms with Crippen molar-refractivity contribution < 1.29 is 22.7 Å². The summed E-state index contributed by atoms with van der Waals surface area (Å²) in [6.45, 7) is 3.38.